The van der Waals surface area contributed by atoms with E-state index in [1.807, 2.05) is 12.1 Å². The molecule has 0 amide bonds. The summed E-state index contributed by atoms with van der Waals surface area (Å²) in [5.41, 5.74) is 1.29. The first-order valence-corrected chi connectivity index (χ1v) is 8.73. The van der Waals surface area contributed by atoms with Gasteiger partial charge in [0.2, 0.25) is 0 Å². The van der Waals surface area contributed by atoms with Crippen molar-refractivity contribution in [1.29, 1.82) is 0 Å². The number of hydrogen-bond donors (Lipinski definition) is 0. The Morgan fingerprint density at radius 2 is 1.71 bits per heavy atom. The summed E-state index contributed by atoms with van der Waals surface area (Å²) in [6, 6.07) is 8.07. The van der Waals surface area contributed by atoms with Crippen LogP contribution in [0.3, 0.4) is 0 Å². The molecule has 0 aromatic heterocycles. The first-order valence-electron chi connectivity index (χ1n) is 4.86. The molecule has 1 nitrogen and oxygen atoms in total. The number of rotatable bonds is 2. The van der Waals surface area contributed by atoms with Gasteiger partial charge in [0.05, 0.1) is 14.7 Å². The fourth-order valence-electron chi connectivity index (χ4n) is 1.82. The maximum atomic E-state index is 5.87. The fourth-order valence-corrected chi connectivity index (χ4v) is 3.92. The van der Waals surface area contributed by atoms with E-state index in [0.29, 0.717) is 0 Å². The van der Waals surface area contributed by atoms with E-state index in [-0.39, 0.29) is 5.22 Å². The Bertz CT molecular complexity index is 335. The SMILES string of the molecule is C[Si](C)(C)C1(c2ccc(Cl)cc2)CO1. The van der Waals surface area contributed by atoms with Crippen molar-refractivity contribution in [3.05, 3.63) is 34.9 Å². The summed E-state index contributed by atoms with van der Waals surface area (Å²) >= 11 is 5.87. The van der Waals surface area contributed by atoms with Gasteiger partial charge < -0.3 is 4.74 Å². The summed E-state index contributed by atoms with van der Waals surface area (Å²) in [5, 5.41) is 0.845. The van der Waals surface area contributed by atoms with Crippen molar-refractivity contribution >= 4 is 19.7 Å². The molecule has 76 valence electrons. The predicted molar refractivity (Wildman–Crippen MR) is 62.4 cm³/mol. The highest BCUT2D eigenvalue weighted by Gasteiger charge is 2.56. The molecule has 1 atom stereocenters. The zero-order valence-electron chi connectivity index (χ0n) is 8.80. The van der Waals surface area contributed by atoms with Crippen molar-refractivity contribution in [2.75, 3.05) is 6.61 Å². The molecule has 1 heterocycles. The maximum Gasteiger partial charge on any atom is 0.105 e. The average molecular weight is 227 g/mol. The van der Waals surface area contributed by atoms with Gasteiger partial charge >= 0.3 is 0 Å². The highest BCUT2D eigenvalue weighted by molar-refractivity contribution is 6.79. The lowest BCUT2D eigenvalue weighted by atomic mass is 10.1. The highest BCUT2D eigenvalue weighted by atomic mass is 35.5. The first-order chi connectivity index (χ1) is 6.46. The molecule has 1 saturated heterocycles. The van der Waals surface area contributed by atoms with Gasteiger partial charge in [0, 0.05) is 5.02 Å². The van der Waals surface area contributed by atoms with E-state index >= 15 is 0 Å². The van der Waals surface area contributed by atoms with E-state index in [0.717, 1.165) is 11.6 Å². The van der Waals surface area contributed by atoms with Gasteiger partial charge in [-0.1, -0.05) is 43.4 Å². The van der Waals surface area contributed by atoms with Crippen LogP contribution >= 0.6 is 11.6 Å². The van der Waals surface area contributed by atoms with Crippen LogP contribution in [0.15, 0.2) is 24.3 Å². The summed E-state index contributed by atoms with van der Waals surface area (Å²) in [6.45, 7) is 7.90. The quantitative estimate of drug-likeness (QED) is 0.556. The summed E-state index contributed by atoms with van der Waals surface area (Å²) in [5.74, 6) is 0. The zero-order chi connectivity index (χ0) is 10.4. The summed E-state index contributed by atoms with van der Waals surface area (Å²) in [7, 11) is -1.30. The third-order valence-electron chi connectivity index (χ3n) is 2.96. The largest absolute Gasteiger partial charge is 0.369 e. The summed E-state index contributed by atoms with van der Waals surface area (Å²) in [4.78, 5) is 0. The van der Waals surface area contributed by atoms with Crippen LogP contribution in [0, 0.1) is 0 Å². The standard InChI is InChI=1S/C11H15ClOSi/c1-14(2,3)11(8-13-11)9-4-6-10(12)7-5-9/h4-7H,8H2,1-3H3. The molecule has 0 radical (unpaired) electrons. The fraction of sp³-hybridized carbons (Fsp3) is 0.455. The molecule has 0 saturated carbocycles. The Kier molecular flexibility index (Phi) is 2.25. The molecule has 0 N–H and O–H groups in total. The van der Waals surface area contributed by atoms with E-state index in [9.17, 15) is 0 Å². The zero-order valence-corrected chi connectivity index (χ0v) is 10.6. The van der Waals surface area contributed by atoms with Crippen LogP contribution < -0.4 is 0 Å². The molecule has 0 aliphatic carbocycles. The summed E-state index contributed by atoms with van der Waals surface area (Å²) in [6.07, 6.45) is 0. The first kappa shape index (κ1) is 10.2. The van der Waals surface area contributed by atoms with Crippen LogP contribution in [0.2, 0.25) is 24.7 Å². The molecule has 1 aromatic rings. The third kappa shape index (κ3) is 1.51. The third-order valence-corrected chi connectivity index (χ3v) is 6.21. The molecule has 1 unspecified atom stereocenters. The minimum Gasteiger partial charge on any atom is -0.369 e. The Balaban J connectivity index is 2.36. The van der Waals surface area contributed by atoms with E-state index in [1.165, 1.54) is 5.56 Å². The van der Waals surface area contributed by atoms with Gasteiger partial charge in [-0.3, -0.25) is 0 Å². The monoisotopic (exact) mass is 226 g/mol. The molecular formula is C11H15ClOSi. The molecule has 1 aliphatic rings. The van der Waals surface area contributed by atoms with Gasteiger partial charge in [0.1, 0.15) is 5.22 Å². The van der Waals surface area contributed by atoms with Crippen molar-refractivity contribution in [3.63, 3.8) is 0 Å². The Morgan fingerprint density at radius 1 is 1.21 bits per heavy atom. The predicted octanol–water partition coefficient (Wildman–Crippen LogP) is 3.44. The van der Waals surface area contributed by atoms with Gasteiger partial charge in [0.15, 0.2) is 0 Å². The molecule has 3 heteroatoms. The number of hydrogen-bond acceptors (Lipinski definition) is 1. The van der Waals surface area contributed by atoms with Crippen molar-refractivity contribution in [1.82, 2.24) is 0 Å². The van der Waals surface area contributed by atoms with Crippen LogP contribution in [0.4, 0.5) is 0 Å². The van der Waals surface area contributed by atoms with E-state index in [2.05, 4.69) is 31.8 Å². The van der Waals surface area contributed by atoms with Crippen molar-refractivity contribution < 1.29 is 4.74 Å². The van der Waals surface area contributed by atoms with Gasteiger partial charge in [0.25, 0.3) is 0 Å². The van der Waals surface area contributed by atoms with Crippen LogP contribution in [0.5, 0.6) is 0 Å². The molecule has 2 rings (SSSR count). The smallest absolute Gasteiger partial charge is 0.105 e. The molecular weight excluding hydrogens is 212 g/mol. The van der Waals surface area contributed by atoms with Crippen molar-refractivity contribution in [2.45, 2.75) is 24.9 Å². The Morgan fingerprint density at radius 3 is 2.07 bits per heavy atom. The summed E-state index contributed by atoms with van der Waals surface area (Å²) < 4.78 is 5.71. The van der Waals surface area contributed by atoms with Crippen molar-refractivity contribution in [2.24, 2.45) is 0 Å². The lowest BCUT2D eigenvalue weighted by molar-refractivity contribution is 0.375. The molecule has 1 aliphatic heterocycles. The molecule has 14 heavy (non-hydrogen) atoms. The van der Waals surface area contributed by atoms with Crippen LogP contribution in [0.1, 0.15) is 5.56 Å². The van der Waals surface area contributed by atoms with E-state index in [4.69, 9.17) is 16.3 Å². The van der Waals surface area contributed by atoms with Crippen molar-refractivity contribution in [3.8, 4) is 0 Å². The van der Waals surface area contributed by atoms with Gasteiger partial charge in [-0.15, -0.1) is 0 Å². The second-order valence-corrected chi connectivity index (χ2v) is 10.6. The van der Waals surface area contributed by atoms with E-state index in [1.54, 1.807) is 0 Å². The van der Waals surface area contributed by atoms with Gasteiger partial charge in [-0.05, 0) is 17.7 Å². The number of epoxide rings is 1. The second-order valence-electron chi connectivity index (χ2n) is 4.87. The normalized spacial score (nSPS) is 26.3. The molecule has 0 spiro atoms. The van der Waals surface area contributed by atoms with Gasteiger partial charge in [-0.25, -0.2) is 0 Å². The lowest BCUT2D eigenvalue weighted by Gasteiger charge is -2.25. The van der Waals surface area contributed by atoms with Crippen LogP contribution in [0.25, 0.3) is 0 Å². The number of halogens is 1. The van der Waals surface area contributed by atoms with Gasteiger partial charge in [-0.2, -0.15) is 0 Å². The topological polar surface area (TPSA) is 12.5 Å². The Labute approximate surface area is 91.0 Å². The Hall–Kier alpha value is -0.313. The molecule has 0 bridgehead atoms. The van der Waals surface area contributed by atoms with Crippen LogP contribution in [-0.4, -0.2) is 14.7 Å². The number of benzene rings is 1. The average Bonchev–Trinajstić information content (AvgIpc) is 2.84. The number of ether oxygens (including phenoxy) is 1. The van der Waals surface area contributed by atoms with E-state index < -0.39 is 8.07 Å². The maximum absolute atomic E-state index is 5.87. The highest BCUT2D eigenvalue weighted by Crippen LogP contribution is 2.46. The lowest BCUT2D eigenvalue weighted by Crippen LogP contribution is -2.39. The van der Waals surface area contributed by atoms with Crippen LogP contribution in [-0.2, 0) is 9.96 Å². The second kappa shape index (κ2) is 3.09. The minimum atomic E-state index is -1.30. The molecule has 1 aromatic carbocycles. The molecule has 1 fully saturated rings. The minimum absolute atomic E-state index is 0.0532.